The summed E-state index contributed by atoms with van der Waals surface area (Å²) in [5.41, 5.74) is 4.44. The van der Waals surface area contributed by atoms with E-state index in [-0.39, 0.29) is 5.92 Å². The zero-order valence-corrected chi connectivity index (χ0v) is 19.9. The molecule has 5 nitrogen and oxygen atoms in total. The molecule has 2 bridgehead atoms. The summed E-state index contributed by atoms with van der Waals surface area (Å²) in [7, 11) is 0. The van der Waals surface area contributed by atoms with Crippen molar-refractivity contribution in [1.82, 2.24) is 19.2 Å². The van der Waals surface area contributed by atoms with Gasteiger partial charge >= 0.3 is 0 Å². The molecule has 2 aliphatic heterocycles. The molecular formula is C26H29BrN4O. The van der Waals surface area contributed by atoms with Crippen LogP contribution >= 0.6 is 15.9 Å². The summed E-state index contributed by atoms with van der Waals surface area (Å²) in [6, 6.07) is 15.6. The zero-order valence-electron chi connectivity index (χ0n) is 18.3. The molecule has 3 aromatic rings. The van der Waals surface area contributed by atoms with Crippen LogP contribution in [0.4, 0.5) is 0 Å². The van der Waals surface area contributed by atoms with Crippen LogP contribution in [0.1, 0.15) is 44.2 Å². The van der Waals surface area contributed by atoms with Crippen LogP contribution in [-0.4, -0.2) is 50.3 Å². The van der Waals surface area contributed by atoms with Crippen molar-refractivity contribution in [1.29, 1.82) is 0 Å². The third-order valence-corrected chi connectivity index (χ3v) is 8.26. The molecule has 1 amide bonds. The number of rotatable bonds is 4. The van der Waals surface area contributed by atoms with Gasteiger partial charge in [0.2, 0.25) is 5.91 Å². The van der Waals surface area contributed by atoms with Crippen LogP contribution < -0.4 is 0 Å². The quantitative estimate of drug-likeness (QED) is 0.506. The third kappa shape index (κ3) is 3.57. The first kappa shape index (κ1) is 20.4. The van der Waals surface area contributed by atoms with Gasteiger partial charge in [0.05, 0.1) is 11.4 Å². The summed E-state index contributed by atoms with van der Waals surface area (Å²) in [6.45, 7) is 2.64. The highest BCUT2D eigenvalue weighted by Crippen LogP contribution is 2.36. The number of imidazole rings is 1. The van der Waals surface area contributed by atoms with E-state index in [0.29, 0.717) is 18.0 Å². The van der Waals surface area contributed by atoms with E-state index in [2.05, 4.69) is 78.8 Å². The molecule has 0 N–H and O–H groups in total. The number of pyridine rings is 1. The Morgan fingerprint density at radius 3 is 2.41 bits per heavy atom. The molecule has 3 aliphatic rings. The van der Waals surface area contributed by atoms with Gasteiger partial charge in [-0.2, -0.15) is 0 Å². The SMILES string of the molecule is O=C(C1CCCC1)N1CC2CCC(C1)N2Cc1c(-c2ccc(Br)cc2)nc2ccccn12. The monoisotopic (exact) mass is 492 g/mol. The summed E-state index contributed by atoms with van der Waals surface area (Å²) < 4.78 is 3.32. The molecule has 2 atom stereocenters. The molecule has 1 aliphatic carbocycles. The van der Waals surface area contributed by atoms with Crippen LogP contribution in [0.2, 0.25) is 0 Å². The molecule has 6 rings (SSSR count). The van der Waals surface area contributed by atoms with E-state index in [1.165, 1.54) is 31.4 Å². The number of fused-ring (bicyclic) bond motifs is 3. The maximum Gasteiger partial charge on any atom is 0.225 e. The Morgan fingerprint density at radius 2 is 1.69 bits per heavy atom. The first-order chi connectivity index (χ1) is 15.7. The predicted molar refractivity (Wildman–Crippen MR) is 129 cm³/mol. The lowest BCUT2D eigenvalue weighted by molar-refractivity contribution is -0.139. The number of aromatic nitrogens is 2. The minimum absolute atomic E-state index is 0.281. The largest absolute Gasteiger partial charge is 0.339 e. The van der Waals surface area contributed by atoms with Gasteiger partial charge in [-0.3, -0.25) is 9.69 Å². The van der Waals surface area contributed by atoms with Gasteiger partial charge in [-0.05, 0) is 49.9 Å². The average molecular weight is 493 g/mol. The van der Waals surface area contributed by atoms with Gasteiger partial charge in [0.1, 0.15) is 5.65 Å². The first-order valence-corrected chi connectivity index (χ1v) is 12.7. The van der Waals surface area contributed by atoms with Gasteiger partial charge in [-0.1, -0.05) is 47.0 Å². The van der Waals surface area contributed by atoms with Gasteiger partial charge in [0.15, 0.2) is 0 Å². The van der Waals surface area contributed by atoms with Gasteiger partial charge < -0.3 is 9.30 Å². The molecule has 2 aromatic heterocycles. The molecule has 32 heavy (non-hydrogen) atoms. The van der Waals surface area contributed by atoms with Crippen molar-refractivity contribution in [2.24, 2.45) is 5.92 Å². The summed E-state index contributed by atoms with van der Waals surface area (Å²) in [6.07, 6.45) is 9.11. The van der Waals surface area contributed by atoms with Crippen molar-refractivity contribution in [3.63, 3.8) is 0 Å². The van der Waals surface area contributed by atoms with E-state index in [4.69, 9.17) is 4.98 Å². The van der Waals surface area contributed by atoms with Crippen LogP contribution in [0, 0.1) is 5.92 Å². The smallest absolute Gasteiger partial charge is 0.225 e. The Balaban J connectivity index is 1.29. The number of benzene rings is 1. The van der Waals surface area contributed by atoms with Crippen molar-refractivity contribution in [2.45, 2.75) is 57.2 Å². The number of piperazine rings is 1. The molecule has 1 saturated carbocycles. The molecule has 1 aromatic carbocycles. The standard InChI is InChI=1S/C26H29BrN4O/c27-20-10-8-18(9-11-20)25-23(30-14-4-3-7-24(30)28-25)17-31-21-12-13-22(31)16-29(15-21)26(32)19-5-1-2-6-19/h3-4,7-11,14,19,21-22H,1-2,5-6,12-13,15-17H2. The lowest BCUT2D eigenvalue weighted by atomic mass is 10.0. The molecule has 2 saturated heterocycles. The molecule has 3 fully saturated rings. The number of halogens is 1. The van der Waals surface area contributed by atoms with Gasteiger partial charge in [0.25, 0.3) is 0 Å². The summed E-state index contributed by atoms with van der Waals surface area (Å²) in [4.78, 5) is 22.9. The summed E-state index contributed by atoms with van der Waals surface area (Å²) in [5.74, 6) is 0.702. The third-order valence-electron chi connectivity index (χ3n) is 7.73. The van der Waals surface area contributed by atoms with Crippen LogP contribution in [0.5, 0.6) is 0 Å². The highest BCUT2D eigenvalue weighted by Gasteiger charge is 2.43. The normalized spacial score (nSPS) is 24.0. The number of carbonyl (C=O) groups is 1. The Morgan fingerprint density at radius 1 is 0.969 bits per heavy atom. The van der Waals surface area contributed by atoms with Crippen molar-refractivity contribution in [3.8, 4) is 11.3 Å². The maximum absolute atomic E-state index is 13.1. The second kappa shape index (κ2) is 8.31. The summed E-state index contributed by atoms with van der Waals surface area (Å²) >= 11 is 3.55. The average Bonchev–Trinajstić information content (AvgIpc) is 3.52. The zero-order chi connectivity index (χ0) is 21.7. The van der Waals surface area contributed by atoms with E-state index in [1.807, 2.05) is 0 Å². The Hall–Kier alpha value is -2.18. The number of nitrogens with zero attached hydrogens (tertiary/aromatic N) is 4. The molecule has 0 spiro atoms. The second-order valence-electron chi connectivity index (χ2n) is 9.62. The molecular weight excluding hydrogens is 464 g/mol. The molecule has 166 valence electrons. The van der Waals surface area contributed by atoms with E-state index in [9.17, 15) is 4.79 Å². The molecule has 6 heteroatoms. The van der Waals surface area contributed by atoms with E-state index in [1.54, 1.807) is 0 Å². The van der Waals surface area contributed by atoms with E-state index >= 15 is 0 Å². The van der Waals surface area contributed by atoms with Gasteiger partial charge in [-0.25, -0.2) is 4.98 Å². The van der Waals surface area contributed by atoms with Crippen LogP contribution in [0.15, 0.2) is 53.1 Å². The number of hydrogen-bond acceptors (Lipinski definition) is 3. The van der Waals surface area contributed by atoms with Gasteiger partial charge in [-0.15, -0.1) is 0 Å². The maximum atomic E-state index is 13.1. The second-order valence-corrected chi connectivity index (χ2v) is 10.5. The van der Waals surface area contributed by atoms with Crippen molar-refractivity contribution in [2.75, 3.05) is 13.1 Å². The van der Waals surface area contributed by atoms with Crippen molar-refractivity contribution >= 4 is 27.5 Å². The number of amides is 1. The number of likely N-dealkylation sites (tertiary alicyclic amines) is 1. The Kier molecular flexibility index (Phi) is 5.30. The molecule has 4 heterocycles. The topological polar surface area (TPSA) is 40.9 Å². The van der Waals surface area contributed by atoms with Crippen LogP contribution in [0.25, 0.3) is 16.9 Å². The fourth-order valence-electron chi connectivity index (χ4n) is 6.07. The number of hydrogen-bond donors (Lipinski definition) is 0. The van der Waals surface area contributed by atoms with E-state index in [0.717, 1.165) is 53.9 Å². The van der Waals surface area contributed by atoms with Gasteiger partial charge in [0, 0.05) is 53.9 Å². The van der Waals surface area contributed by atoms with Crippen LogP contribution in [0.3, 0.4) is 0 Å². The minimum atomic E-state index is 0.281. The predicted octanol–water partition coefficient (Wildman–Crippen LogP) is 5.13. The lowest BCUT2D eigenvalue weighted by Crippen LogP contribution is -2.55. The Labute approximate surface area is 197 Å². The van der Waals surface area contributed by atoms with E-state index < -0.39 is 0 Å². The fraction of sp³-hybridized carbons (Fsp3) is 0.462. The summed E-state index contributed by atoms with van der Waals surface area (Å²) in [5, 5.41) is 0. The molecule has 2 unspecified atom stereocenters. The van der Waals surface area contributed by atoms with Crippen molar-refractivity contribution < 1.29 is 4.79 Å². The first-order valence-electron chi connectivity index (χ1n) is 11.9. The fourth-order valence-corrected chi connectivity index (χ4v) is 6.33. The van der Waals surface area contributed by atoms with Crippen molar-refractivity contribution in [3.05, 3.63) is 58.8 Å². The Bertz CT molecular complexity index is 1120. The van der Waals surface area contributed by atoms with Crippen LogP contribution in [-0.2, 0) is 11.3 Å². The lowest BCUT2D eigenvalue weighted by Gasteiger charge is -2.42. The highest BCUT2D eigenvalue weighted by molar-refractivity contribution is 9.10. The number of carbonyl (C=O) groups excluding carboxylic acids is 1. The minimum Gasteiger partial charge on any atom is -0.339 e. The molecule has 0 radical (unpaired) electrons. The highest BCUT2D eigenvalue weighted by atomic mass is 79.9.